The van der Waals surface area contributed by atoms with E-state index in [0.29, 0.717) is 0 Å². The van der Waals surface area contributed by atoms with Crippen molar-refractivity contribution in [3.05, 3.63) is 34.4 Å². The van der Waals surface area contributed by atoms with Crippen molar-refractivity contribution >= 4 is 14.2 Å². The van der Waals surface area contributed by atoms with Crippen molar-refractivity contribution in [3.63, 3.8) is 0 Å². The zero-order chi connectivity index (χ0) is 15.6. The summed E-state index contributed by atoms with van der Waals surface area (Å²) < 4.78 is 11.5. The number of carbonyl (C=O) groups is 1. The quantitative estimate of drug-likeness (QED) is 0.549. The molecule has 1 atom stereocenters. The Morgan fingerprint density at radius 1 is 1.10 bits per heavy atom. The summed E-state index contributed by atoms with van der Waals surface area (Å²) >= 11 is 0. The lowest BCUT2D eigenvalue weighted by molar-refractivity contribution is 0.0710. The molecule has 0 spiro atoms. The van der Waals surface area contributed by atoms with E-state index in [-0.39, 0.29) is 19.9 Å². The van der Waals surface area contributed by atoms with Crippen molar-refractivity contribution in [1.82, 2.24) is 0 Å². The number of carbonyl (C=O) groups excluding carboxylic acids is 1. The first-order chi connectivity index (χ1) is 9.92. The highest BCUT2D eigenvalue weighted by atomic mass is 31.1. The molecule has 0 aliphatic heterocycles. The Hall–Kier alpha value is -1.01. The van der Waals surface area contributed by atoms with E-state index in [0.717, 1.165) is 42.4 Å². The van der Waals surface area contributed by atoms with Crippen LogP contribution < -0.4 is 0 Å². The number of ketones is 1. The van der Waals surface area contributed by atoms with E-state index in [2.05, 4.69) is 19.1 Å². The number of hydrogen-bond acceptors (Lipinski definition) is 2. The summed E-state index contributed by atoms with van der Waals surface area (Å²) in [5, 5.41) is 0. The maximum absolute atomic E-state index is 13.3. The van der Waals surface area contributed by atoms with Crippen molar-refractivity contribution < 1.29 is 9.36 Å². The topological polar surface area (TPSA) is 34.1 Å². The van der Waals surface area contributed by atoms with Gasteiger partial charge in [0.2, 0.25) is 0 Å². The van der Waals surface area contributed by atoms with E-state index in [9.17, 15) is 9.36 Å². The van der Waals surface area contributed by atoms with Gasteiger partial charge in [-0.25, -0.2) is 0 Å². The first-order valence-electron chi connectivity index (χ1n) is 7.87. The van der Waals surface area contributed by atoms with Crippen LogP contribution in [0.25, 0.3) is 0 Å². The van der Waals surface area contributed by atoms with Crippen molar-refractivity contribution in [2.45, 2.75) is 65.5 Å². The summed E-state index contributed by atoms with van der Waals surface area (Å²) in [6, 6.07) is 4.16. The van der Waals surface area contributed by atoms with Gasteiger partial charge in [-0.05, 0) is 44.7 Å². The van der Waals surface area contributed by atoms with Crippen LogP contribution in [0.4, 0.5) is 0 Å². The Kier molecular flexibility index (Phi) is 4.99. The lowest BCUT2D eigenvalue weighted by Gasteiger charge is -2.39. The Morgan fingerprint density at radius 3 is 2.10 bits per heavy atom. The molecule has 1 aromatic carbocycles. The van der Waals surface area contributed by atoms with Gasteiger partial charge < -0.3 is 0 Å². The Bertz CT molecular complexity index is 533. The van der Waals surface area contributed by atoms with Gasteiger partial charge in [0.05, 0.1) is 0 Å². The molecule has 2 rings (SSSR count). The molecule has 1 aliphatic carbocycles. The minimum Gasteiger partial charge on any atom is -0.293 e. The molecule has 114 valence electrons. The molecule has 2 nitrogen and oxygen atoms in total. The number of benzene rings is 1. The number of rotatable bonds is 4. The maximum Gasteiger partial charge on any atom is 0.170 e. The van der Waals surface area contributed by atoms with Crippen LogP contribution in [0.5, 0.6) is 0 Å². The smallest absolute Gasteiger partial charge is 0.170 e. The fourth-order valence-corrected chi connectivity index (χ4v) is 4.48. The van der Waals surface area contributed by atoms with Gasteiger partial charge in [0.25, 0.3) is 0 Å². The second kappa shape index (κ2) is 6.40. The van der Waals surface area contributed by atoms with Crippen LogP contribution >= 0.6 is 8.46 Å². The zero-order valence-corrected chi connectivity index (χ0v) is 14.4. The minimum absolute atomic E-state index is 0.0944. The molecule has 0 amide bonds. The molecule has 0 N–H and O–H groups in total. The van der Waals surface area contributed by atoms with Crippen LogP contribution in [0.1, 0.15) is 66.1 Å². The molecule has 1 aromatic rings. The van der Waals surface area contributed by atoms with Gasteiger partial charge >= 0.3 is 0 Å². The summed E-state index contributed by atoms with van der Waals surface area (Å²) in [6.07, 6.45) is 5.05. The molecule has 1 unspecified atom stereocenters. The van der Waals surface area contributed by atoms with Gasteiger partial charge in [0.15, 0.2) is 14.2 Å². The highest BCUT2D eigenvalue weighted by Crippen LogP contribution is 2.46. The summed E-state index contributed by atoms with van der Waals surface area (Å²) in [5.74, 6) is 0.216. The summed E-state index contributed by atoms with van der Waals surface area (Å²) in [5.41, 5.74) is 3.61. The van der Waals surface area contributed by atoms with Gasteiger partial charge in [0, 0.05) is 16.6 Å². The fourth-order valence-electron chi connectivity index (χ4n) is 3.91. The molecule has 0 radical (unpaired) electrons. The SMILES string of the molecule is Cc1cc(C)c(C(=O)C2(C(C)P=O)CCCCC2)c(C)c1. The van der Waals surface area contributed by atoms with Crippen molar-refractivity contribution in [2.24, 2.45) is 5.41 Å². The van der Waals surface area contributed by atoms with Crippen molar-refractivity contribution in [1.29, 1.82) is 0 Å². The summed E-state index contributed by atoms with van der Waals surface area (Å²) in [4.78, 5) is 13.3. The summed E-state index contributed by atoms with van der Waals surface area (Å²) in [7, 11) is 0.0944. The average Bonchev–Trinajstić information content (AvgIpc) is 2.45. The van der Waals surface area contributed by atoms with E-state index < -0.39 is 5.41 Å². The molecule has 21 heavy (non-hydrogen) atoms. The van der Waals surface area contributed by atoms with Crippen LogP contribution in [0.15, 0.2) is 12.1 Å². The van der Waals surface area contributed by atoms with E-state index in [1.54, 1.807) is 0 Å². The highest BCUT2D eigenvalue weighted by Gasteiger charge is 2.45. The second-order valence-corrected chi connectivity index (χ2v) is 7.59. The zero-order valence-electron chi connectivity index (χ0n) is 13.5. The first kappa shape index (κ1) is 16.4. The van der Waals surface area contributed by atoms with Crippen LogP contribution in [-0.2, 0) is 4.57 Å². The standard InChI is InChI=1S/C18H25O2P/c1-12-10-13(2)16(14(3)11-12)17(19)18(15(4)21-20)8-6-5-7-9-18/h10-11,15H,5-9H2,1-4H3. The third-order valence-corrected chi connectivity index (χ3v) is 5.87. The van der Waals surface area contributed by atoms with E-state index in [4.69, 9.17) is 0 Å². The molecule has 1 saturated carbocycles. The first-order valence-corrected chi connectivity index (χ1v) is 8.75. The summed E-state index contributed by atoms with van der Waals surface area (Å²) in [6.45, 7) is 8.05. The molecule has 1 fully saturated rings. The Balaban J connectivity index is 2.51. The molecule has 0 aromatic heterocycles. The van der Waals surface area contributed by atoms with Crippen LogP contribution in [0.2, 0.25) is 0 Å². The number of Topliss-reactive ketones (excluding diaryl/α,β-unsaturated/α-hetero) is 1. The van der Waals surface area contributed by atoms with Gasteiger partial charge in [-0.1, -0.05) is 43.9 Å². The molecular formula is C18H25O2P. The highest BCUT2D eigenvalue weighted by molar-refractivity contribution is 7.24. The van der Waals surface area contributed by atoms with Gasteiger partial charge in [-0.15, -0.1) is 0 Å². The van der Waals surface area contributed by atoms with Crippen molar-refractivity contribution in [3.8, 4) is 0 Å². The van der Waals surface area contributed by atoms with Crippen molar-refractivity contribution in [2.75, 3.05) is 0 Å². The fraction of sp³-hybridized carbons (Fsp3) is 0.611. The van der Waals surface area contributed by atoms with Crippen LogP contribution in [0, 0.1) is 26.2 Å². The molecule has 3 heteroatoms. The average molecular weight is 304 g/mol. The monoisotopic (exact) mass is 304 g/mol. The maximum atomic E-state index is 13.3. The Labute approximate surface area is 129 Å². The van der Waals surface area contributed by atoms with E-state index in [1.165, 1.54) is 12.0 Å². The lowest BCUT2D eigenvalue weighted by Crippen LogP contribution is -2.41. The van der Waals surface area contributed by atoms with E-state index >= 15 is 0 Å². The minimum atomic E-state index is -0.438. The Morgan fingerprint density at radius 2 is 1.62 bits per heavy atom. The number of aryl methyl sites for hydroxylation is 3. The van der Waals surface area contributed by atoms with Crippen LogP contribution in [-0.4, -0.2) is 11.4 Å². The predicted molar refractivity (Wildman–Crippen MR) is 87.6 cm³/mol. The normalized spacial score (nSPS) is 19.4. The second-order valence-electron chi connectivity index (χ2n) is 6.60. The lowest BCUT2D eigenvalue weighted by atomic mass is 9.66. The van der Waals surface area contributed by atoms with Crippen LogP contribution in [0.3, 0.4) is 0 Å². The van der Waals surface area contributed by atoms with Gasteiger partial charge in [-0.3, -0.25) is 9.36 Å². The largest absolute Gasteiger partial charge is 0.293 e. The third kappa shape index (κ3) is 2.97. The van der Waals surface area contributed by atoms with Gasteiger partial charge in [0.1, 0.15) is 0 Å². The van der Waals surface area contributed by atoms with Gasteiger partial charge in [-0.2, -0.15) is 0 Å². The molecule has 0 saturated heterocycles. The molecule has 1 aliphatic rings. The molecule has 0 heterocycles. The number of hydrogen-bond donors (Lipinski definition) is 0. The predicted octanol–water partition coefficient (Wildman–Crippen LogP) is 5.43. The molecule has 0 bridgehead atoms. The third-order valence-electron chi connectivity index (χ3n) is 5.06. The molecular weight excluding hydrogens is 279 g/mol. The van der Waals surface area contributed by atoms with E-state index in [1.807, 2.05) is 20.8 Å².